The predicted octanol–water partition coefficient (Wildman–Crippen LogP) is 21.1. The fraction of sp³-hybridized carbons (Fsp3) is 0.955. The van der Waals surface area contributed by atoms with Crippen LogP contribution in [0.5, 0.6) is 0 Å². The number of ether oxygens (including phenoxy) is 4. The normalized spacial score (nSPS) is 22.0. The first-order chi connectivity index (χ1) is 35.6. The van der Waals surface area contributed by atoms with Crippen LogP contribution in [-0.2, 0) is 18.9 Å². The average molecular weight is 1060 g/mol. The monoisotopic (exact) mass is 1060 g/mol. The smallest absolute Gasteiger partial charge is 0.0598 e. The minimum Gasteiger partial charge on any atom is -0.381 e. The first-order valence-electron chi connectivity index (χ1n) is 32.5. The summed E-state index contributed by atoms with van der Waals surface area (Å²) in [6, 6.07) is 0. The van der Waals surface area contributed by atoms with E-state index in [1.165, 1.54) is 95.6 Å². The molecule has 0 radical (unpaired) electrons. The Hall–Kier alpha value is -1.15. The van der Waals surface area contributed by atoms with Crippen LogP contribution in [0, 0.1) is 65.1 Å². The number of nitrogens with zero attached hydrogens (tertiary/aromatic N) is 3. The summed E-state index contributed by atoms with van der Waals surface area (Å²) in [7, 11) is 0. The average Bonchev–Trinajstić information content (AvgIpc) is 4.32. The van der Waals surface area contributed by atoms with Gasteiger partial charge in [-0.3, -0.25) is 15.0 Å². The van der Waals surface area contributed by atoms with Crippen LogP contribution in [-0.4, -0.2) is 89.6 Å². The zero-order valence-corrected chi connectivity index (χ0v) is 56.4. The van der Waals surface area contributed by atoms with E-state index in [1.54, 1.807) is 0 Å². The van der Waals surface area contributed by atoms with Gasteiger partial charge in [0.15, 0.2) is 0 Å². The van der Waals surface area contributed by atoms with Gasteiger partial charge in [-0.1, -0.05) is 194 Å². The molecule has 452 valence electrons. The Labute approximate surface area is 470 Å². The van der Waals surface area contributed by atoms with Gasteiger partial charge in [0.05, 0.1) is 12.2 Å². The molecule has 7 heteroatoms. The highest BCUT2D eigenvalue weighted by Crippen LogP contribution is 2.24. The lowest BCUT2D eigenvalue weighted by Gasteiger charge is -2.25. The first-order valence-corrected chi connectivity index (χ1v) is 32.5. The molecule has 7 aliphatic rings. The molecule has 7 heterocycles. The molecule has 0 aromatic heterocycles. The van der Waals surface area contributed by atoms with Crippen LogP contribution < -0.4 is 0 Å². The molecule has 7 aliphatic heterocycles. The molecule has 0 aromatic rings. The maximum atomic E-state index is 5.54. The molecule has 5 atom stereocenters. The van der Waals surface area contributed by atoms with Crippen molar-refractivity contribution < 1.29 is 18.9 Å². The topological polar surface area (TPSA) is 74.0 Å². The van der Waals surface area contributed by atoms with Crippen LogP contribution in [0.4, 0.5) is 0 Å². The molecule has 5 unspecified atom stereocenters. The maximum Gasteiger partial charge on any atom is 0.0598 e. The SMILES string of the molecule is CC.CC.CC.CC.CC.CC.CC.CC(C)C1=NCCC1.CC(C)C1C=NCC1.CC(C)C1CC=NC1.CC(C)C1CCCCO1.CC(C)C1CCCCO1.CC(C)C1CCCOC1.CC(C)C1CCOCC1. The Bertz CT molecular complexity index is 966. The molecular formula is C67H145N3O4. The summed E-state index contributed by atoms with van der Waals surface area (Å²) in [6.07, 6.45) is 23.3. The van der Waals surface area contributed by atoms with Crippen molar-refractivity contribution in [3.05, 3.63) is 0 Å². The van der Waals surface area contributed by atoms with Crippen LogP contribution in [0.2, 0.25) is 0 Å². The molecule has 0 aromatic carbocycles. The minimum absolute atomic E-state index is 0.554. The molecular weight excluding hydrogens is 911 g/mol. The van der Waals surface area contributed by atoms with E-state index >= 15 is 0 Å². The Kier molecular flexibility index (Phi) is 79.7. The van der Waals surface area contributed by atoms with E-state index in [2.05, 4.69) is 118 Å². The zero-order valence-electron chi connectivity index (χ0n) is 56.4. The Morgan fingerprint density at radius 1 is 0.405 bits per heavy atom. The summed E-state index contributed by atoms with van der Waals surface area (Å²) in [4.78, 5) is 12.7. The molecule has 0 N–H and O–H groups in total. The van der Waals surface area contributed by atoms with Crippen molar-refractivity contribution in [2.45, 2.75) is 296 Å². The summed E-state index contributed by atoms with van der Waals surface area (Å²) in [5, 5.41) is 0. The molecule has 0 spiro atoms. The molecule has 7 nitrogen and oxygen atoms in total. The van der Waals surface area contributed by atoms with E-state index in [0.717, 1.165) is 107 Å². The molecule has 4 saturated heterocycles. The Balaban J connectivity index is -0.000000136. The number of hydrogen-bond acceptors (Lipinski definition) is 7. The lowest BCUT2D eigenvalue weighted by atomic mass is 9.89. The van der Waals surface area contributed by atoms with Crippen molar-refractivity contribution >= 4 is 18.1 Å². The van der Waals surface area contributed by atoms with Crippen LogP contribution in [0.1, 0.15) is 284 Å². The molecule has 74 heavy (non-hydrogen) atoms. The summed E-state index contributed by atoms with van der Waals surface area (Å²) < 4.78 is 21.7. The zero-order chi connectivity index (χ0) is 58.7. The van der Waals surface area contributed by atoms with Gasteiger partial charge in [0, 0.05) is 71.2 Å². The third kappa shape index (κ3) is 54.2. The van der Waals surface area contributed by atoms with Crippen molar-refractivity contribution in [2.24, 2.45) is 80.1 Å². The van der Waals surface area contributed by atoms with Crippen molar-refractivity contribution in [1.82, 2.24) is 0 Å². The lowest BCUT2D eigenvalue weighted by molar-refractivity contribution is -0.0116. The molecule has 0 amide bonds. The second-order valence-corrected chi connectivity index (χ2v) is 20.9. The van der Waals surface area contributed by atoms with Gasteiger partial charge < -0.3 is 18.9 Å². The van der Waals surface area contributed by atoms with Crippen molar-refractivity contribution in [2.75, 3.05) is 59.3 Å². The predicted molar refractivity (Wildman–Crippen MR) is 342 cm³/mol. The van der Waals surface area contributed by atoms with Gasteiger partial charge in [0.1, 0.15) is 0 Å². The number of aliphatic imine (C=N–C) groups is 3. The molecule has 7 rings (SSSR count). The largest absolute Gasteiger partial charge is 0.381 e. The third-order valence-corrected chi connectivity index (χ3v) is 13.4. The van der Waals surface area contributed by atoms with Gasteiger partial charge in [-0.15, -0.1) is 0 Å². The number of rotatable bonds is 7. The summed E-state index contributed by atoms with van der Waals surface area (Å²) in [5.41, 5.74) is 1.42. The maximum absolute atomic E-state index is 5.54. The van der Waals surface area contributed by atoms with Gasteiger partial charge in [-0.2, -0.15) is 0 Å². The molecule has 0 saturated carbocycles. The van der Waals surface area contributed by atoms with E-state index in [9.17, 15) is 0 Å². The third-order valence-electron chi connectivity index (χ3n) is 13.4. The van der Waals surface area contributed by atoms with Gasteiger partial charge in [0.2, 0.25) is 0 Å². The number of hydrogen-bond donors (Lipinski definition) is 0. The van der Waals surface area contributed by atoms with Gasteiger partial charge >= 0.3 is 0 Å². The quantitative estimate of drug-likeness (QED) is 0.255. The Morgan fingerprint density at radius 2 is 0.878 bits per heavy atom. The molecule has 0 aliphatic carbocycles. The highest BCUT2D eigenvalue weighted by Gasteiger charge is 2.19. The lowest BCUT2D eigenvalue weighted by Crippen LogP contribution is -2.24. The van der Waals surface area contributed by atoms with Gasteiger partial charge in [-0.25, -0.2) is 0 Å². The van der Waals surface area contributed by atoms with Crippen LogP contribution in [0.3, 0.4) is 0 Å². The standard InChI is InChI=1S/4C8H16O.3C7H13N.7C2H6/c1-7(2)8-3-5-9-6-4-8;1-7(2)8-4-3-5-9-6-8;2*1-7(2)8-5-3-4-6-9-8;2*1-6(2)7-3-4-8-5-7;1-6(2)7-4-3-5-8-7;7*1-2/h4*7-8H,3-6H2,1-2H3;5-7H,3-4H2,1-2H3;4,6-7H,3,5H2,1-2H3;6H,3-5H2,1-2H3;7*1-2H3. The second kappa shape index (κ2) is 68.0. The highest BCUT2D eigenvalue weighted by atomic mass is 16.5. The molecule has 4 fully saturated rings. The summed E-state index contributed by atoms with van der Waals surface area (Å²) >= 11 is 0. The minimum atomic E-state index is 0.554. The molecule has 0 bridgehead atoms. The van der Waals surface area contributed by atoms with Gasteiger partial charge in [-0.05, 0) is 161 Å². The van der Waals surface area contributed by atoms with E-state index in [-0.39, 0.29) is 0 Å². The van der Waals surface area contributed by atoms with Crippen LogP contribution in [0.25, 0.3) is 0 Å². The van der Waals surface area contributed by atoms with E-state index in [4.69, 9.17) is 18.9 Å². The summed E-state index contributed by atoms with van der Waals surface area (Å²) in [6.45, 7) is 68.7. The van der Waals surface area contributed by atoms with Crippen LogP contribution in [0.15, 0.2) is 15.0 Å². The Morgan fingerprint density at radius 3 is 1.08 bits per heavy atom. The summed E-state index contributed by atoms with van der Waals surface area (Å²) in [5.74, 6) is 8.77. The van der Waals surface area contributed by atoms with Crippen LogP contribution >= 0.6 is 0 Å². The first kappa shape index (κ1) is 86.7. The highest BCUT2D eigenvalue weighted by molar-refractivity contribution is 5.87. The fourth-order valence-electron chi connectivity index (χ4n) is 8.28. The fourth-order valence-corrected chi connectivity index (χ4v) is 8.28. The van der Waals surface area contributed by atoms with Gasteiger partial charge in [0.25, 0.3) is 0 Å². The second-order valence-electron chi connectivity index (χ2n) is 20.9. The van der Waals surface area contributed by atoms with Crippen molar-refractivity contribution in [3.8, 4) is 0 Å². The van der Waals surface area contributed by atoms with E-state index < -0.39 is 0 Å². The van der Waals surface area contributed by atoms with E-state index in [1.807, 2.05) is 103 Å². The van der Waals surface area contributed by atoms with Crippen molar-refractivity contribution in [1.29, 1.82) is 0 Å². The van der Waals surface area contributed by atoms with Crippen molar-refractivity contribution in [3.63, 3.8) is 0 Å². The van der Waals surface area contributed by atoms with E-state index in [0.29, 0.717) is 30.0 Å².